The third-order valence-electron chi connectivity index (χ3n) is 3.90. The second kappa shape index (κ2) is 6.83. The predicted octanol–water partition coefficient (Wildman–Crippen LogP) is 2.13. The van der Waals surface area contributed by atoms with Crippen LogP contribution in [0.2, 0.25) is 0 Å². The maximum Gasteiger partial charge on any atom is 0.309 e. The van der Waals surface area contributed by atoms with Crippen molar-refractivity contribution in [3.8, 4) is 16.9 Å². The highest BCUT2D eigenvalue weighted by Gasteiger charge is 2.16. The molecular formula is C17H20N2O4. The van der Waals surface area contributed by atoms with E-state index in [2.05, 4.69) is 5.10 Å². The van der Waals surface area contributed by atoms with E-state index in [1.165, 1.54) is 0 Å². The van der Waals surface area contributed by atoms with Crippen LogP contribution in [0.3, 0.4) is 0 Å². The lowest BCUT2D eigenvalue weighted by molar-refractivity contribution is -0.136. The van der Waals surface area contributed by atoms with Crippen LogP contribution >= 0.6 is 0 Å². The lowest BCUT2D eigenvalue weighted by atomic mass is 10.0. The van der Waals surface area contributed by atoms with Crippen LogP contribution in [0.4, 0.5) is 0 Å². The summed E-state index contributed by atoms with van der Waals surface area (Å²) in [6.07, 6.45) is 2.80. The zero-order valence-electron chi connectivity index (χ0n) is 13.1. The van der Waals surface area contributed by atoms with Gasteiger partial charge in [-0.25, -0.2) is 0 Å². The standard InChI is InChI=1S/C17H20N2O4/c1-19-9-15(16(18-19)8-17(20)21)13-2-4-14(5-3-13)23-11-12-6-7-22-10-12/h2-5,9,12H,6-8,10-11H2,1H3,(H,20,21). The van der Waals surface area contributed by atoms with Gasteiger partial charge < -0.3 is 14.6 Å². The molecule has 23 heavy (non-hydrogen) atoms. The molecule has 1 N–H and O–H groups in total. The van der Waals surface area contributed by atoms with E-state index in [1.807, 2.05) is 30.5 Å². The molecule has 0 bridgehead atoms. The number of aliphatic carboxylic acids is 1. The first kappa shape index (κ1) is 15.6. The minimum Gasteiger partial charge on any atom is -0.493 e. The van der Waals surface area contributed by atoms with Gasteiger partial charge in [0.15, 0.2) is 0 Å². The summed E-state index contributed by atoms with van der Waals surface area (Å²) in [7, 11) is 1.79. The zero-order chi connectivity index (χ0) is 16.2. The Morgan fingerprint density at radius 2 is 2.22 bits per heavy atom. The van der Waals surface area contributed by atoms with Crippen molar-refractivity contribution >= 4 is 5.97 Å². The minimum atomic E-state index is -0.885. The lowest BCUT2D eigenvalue weighted by Gasteiger charge is -2.10. The van der Waals surface area contributed by atoms with E-state index < -0.39 is 5.97 Å². The van der Waals surface area contributed by atoms with Crippen LogP contribution in [0, 0.1) is 5.92 Å². The van der Waals surface area contributed by atoms with E-state index in [4.69, 9.17) is 14.6 Å². The molecule has 0 aliphatic carbocycles. The molecule has 1 aliphatic heterocycles. The summed E-state index contributed by atoms with van der Waals surface area (Å²) in [5, 5.41) is 13.2. The smallest absolute Gasteiger partial charge is 0.309 e. The van der Waals surface area contributed by atoms with Crippen molar-refractivity contribution in [1.29, 1.82) is 0 Å². The highest BCUT2D eigenvalue weighted by Crippen LogP contribution is 2.26. The highest BCUT2D eigenvalue weighted by molar-refractivity contribution is 5.75. The molecule has 1 aromatic carbocycles. The number of rotatable bonds is 6. The summed E-state index contributed by atoms with van der Waals surface area (Å²) >= 11 is 0. The van der Waals surface area contributed by atoms with Crippen molar-refractivity contribution in [3.05, 3.63) is 36.2 Å². The van der Waals surface area contributed by atoms with E-state index in [0.29, 0.717) is 18.2 Å². The van der Waals surface area contributed by atoms with Gasteiger partial charge in [-0.05, 0) is 24.1 Å². The Morgan fingerprint density at radius 3 is 2.87 bits per heavy atom. The third-order valence-corrected chi connectivity index (χ3v) is 3.90. The molecule has 1 fully saturated rings. The monoisotopic (exact) mass is 316 g/mol. The number of aromatic nitrogens is 2. The molecule has 6 nitrogen and oxygen atoms in total. The zero-order valence-corrected chi connectivity index (χ0v) is 13.1. The molecule has 0 spiro atoms. The Labute approximate surface area is 134 Å². The number of nitrogens with zero attached hydrogens (tertiary/aromatic N) is 2. The highest BCUT2D eigenvalue weighted by atomic mass is 16.5. The van der Waals surface area contributed by atoms with Crippen LogP contribution in [0.15, 0.2) is 30.5 Å². The fraction of sp³-hybridized carbons (Fsp3) is 0.412. The number of carboxylic acid groups (broad SMARTS) is 1. The van der Waals surface area contributed by atoms with Crippen molar-refractivity contribution in [1.82, 2.24) is 9.78 Å². The second-order valence-corrected chi connectivity index (χ2v) is 5.80. The molecule has 0 radical (unpaired) electrons. The Morgan fingerprint density at radius 1 is 1.43 bits per heavy atom. The average molecular weight is 316 g/mol. The lowest BCUT2D eigenvalue weighted by Crippen LogP contribution is -2.11. The van der Waals surface area contributed by atoms with Crippen molar-refractivity contribution in [2.45, 2.75) is 12.8 Å². The third kappa shape index (κ3) is 3.90. The van der Waals surface area contributed by atoms with Crippen molar-refractivity contribution < 1.29 is 19.4 Å². The molecule has 1 aromatic heterocycles. The van der Waals surface area contributed by atoms with Crippen LogP contribution in [-0.4, -0.2) is 40.7 Å². The van der Waals surface area contributed by atoms with E-state index in [9.17, 15) is 4.79 Å². The van der Waals surface area contributed by atoms with E-state index in [0.717, 1.165) is 36.5 Å². The summed E-state index contributed by atoms with van der Waals surface area (Å²) in [5.41, 5.74) is 2.34. The first-order valence-corrected chi connectivity index (χ1v) is 7.67. The molecule has 0 saturated carbocycles. The maximum absolute atomic E-state index is 10.9. The number of benzene rings is 1. The number of aryl methyl sites for hydroxylation is 1. The summed E-state index contributed by atoms with van der Waals surface area (Å²) in [4.78, 5) is 10.9. The van der Waals surface area contributed by atoms with E-state index >= 15 is 0 Å². The van der Waals surface area contributed by atoms with Crippen LogP contribution < -0.4 is 4.74 Å². The number of carboxylic acids is 1. The topological polar surface area (TPSA) is 73.6 Å². The first-order valence-electron chi connectivity index (χ1n) is 7.67. The molecule has 2 heterocycles. The Bertz CT molecular complexity index is 672. The average Bonchev–Trinajstić information content (AvgIpc) is 3.15. The number of ether oxygens (including phenoxy) is 2. The van der Waals surface area contributed by atoms with Gasteiger partial charge in [0.2, 0.25) is 0 Å². The van der Waals surface area contributed by atoms with Crippen LogP contribution in [0.1, 0.15) is 12.1 Å². The molecule has 1 unspecified atom stereocenters. The van der Waals surface area contributed by atoms with Crippen LogP contribution in [-0.2, 0) is 23.0 Å². The van der Waals surface area contributed by atoms with Gasteiger partial charge in [-0.1, -0.05) is 12.1 Å². The quantitative estimate of drug-likeness (QED) is 0.884. The summed E-state index contributed by atoms with van der Waals surface area (Å²) in [6.45, 7) is 2.25. The summed E-state index contributed by atoms with van der Waals surface area (Å²) in [5.74, 6) is 0.392. The molecule has 6 heteroatoms. The first-order chi connectivity index (χ1) is 11.1. The number of hydrogen-bond donors (Lipinski definition) is 1. The second-order valence-electron chi connectivity index (χ2n) is 5.80. The SMILES string of the molecule is Cn1cc(-c2ccc(OCC3CCOC3)cc2)c(CC(=O)O)n1. The molecule has 2 aromatic rings. The Kier molecular flexibility index (Phi) is 4.62. The van der Waals surface area contributed by atoms with Gasteiger partial charge in [0.05, 0.1) is 25.3 Å². The van der Waals surface area contributed by atoms with Crippen LogP contribution in [0.25, 0.3) is 11.1 Å². The molecule has 3 rings (SSSR count). The molecule has 1 atom stereocenters. The molecule has 1 aliphatic rings. The van der Waals surface area contributed by atoms with Crippen molar-refractivity contribution in [3.63, 3.8) is 0 Å². The van der Waals surface area contributed by atoms with Crippen molar-refractivity contribution in [2.24, 2.45) is 13.0 Å². The maximum atomic E-state index is 10.9. The van der Waals surface area contributed by atoms with Gasteiger partial charge in [0.25, 0.3) is 0 Å². The van der Waals surface area contributed by atoms with Gasteiger partial charge in [-0.3, -0.25) is 9.48 Å². The predicted molar refractivity (Wildman–Crippen MR) is 84.4 cm³/mol. The fourth-order valence-electron chi connectivity index (χ4n) is 2.71. The van der Waals surface area contributed by atoms with Gasteiger partial charge >= 0.3 is 5.97 Å². The minimum absolute atomic E-state index is 0.0872. The molecule has 122 valence electrons. The van der Waals surface area contributed by atoms with Gasteiger partial charge in [0, 0.05) is 31.3 Å². The number of hydrogen-bond acceptors (Lipinski definition) is 4. The molecular weight excluding hydrogens is 296 g/mol. The van der Waals surface area contributed by atoms with E-state index in [-0.39, 0.29) is 6.42 Å². The van der Waals surface area contributed by atoms with Crippen LogP contribution in [0.5, 0.6) is 5.75 Å². The van der Waals surface area contributed by atoms with Crippen molar-refractivity contribution in [2.75, 3.05) is 19.8 Å². The van der Waals surface area contributed by atoms with Gasteiger partial charge in [0.1, 0.15) is 5.75 Å². The summed E-state index contributed by atoms with van der Waals surface area (Å²) in [6, 6.07) is 7.68. The largest absolute Gasteiger partial charge is 0.493 e. The fourth-order valence-corrected chi connectivity index (χ4v) is 2.71. The van der Waals surface area contributed by atoms with Gasteiger partial charge in [-0.2, -0.15) is 5.10 Å². The molecule has 0 amide bonds. The molecule has 1 saturated heterocycles. The Balaban J connectivity index is 1.70. The summed E-state index contributed by atoms with van der Waals surface area (Å²) < 4.78 is 12.8. The Hall–Kier alpha value is -2.34. The number of carbonyl (C=O) groups is 1. The normalized spacial score (nSPS) is 17.3. The van der Waals surface area contributed by atoms with E-state index in [1.54, 1.807) is 11.7 Å². The van der Waals surface area contributed by atoms with Gasteiger partial charge in [-0.15, -0.1) is 0 Å².